The van der Waals surface area contributed by atoms with Crippen LogP contribution in [0.2, 0.25) is 0 Å². The maximum Gasteiger partial charge on any atom is 0.270 e. The first-order valence-corrected chi connectivity index (χ1v) is 12.3. The summed E-state index contributed by atoms with van der Waals surface area (Å²) in [5, 5.41) is 0.125. The van der Waals surface area contributed by atoms with Gasteiger partial charge in [-0.1, -0.05) is 24.3 Å². The molecule has 1 aromatic heterocycles. The molecule has 0 unspecified atom stereocenters. The van der Waals surface area contributed by atoms with Gasteiger partial charge in [0.15, 0.2) is 11.0 Å². The van der Waals surface area contributed by atoms with Crippen molar-refractivity contribution in [2.24, 2.45) is 0 Å². The summed E-state index contributed by atoms with van der Waals surface area (Å²) >= 11 is 5.70. The van der Waals surface area contributed by atoms with Crippen molar-refractivity contribution >= 4 is 52.5 Å². The van der Waals surface area contributed by atoms with Gasteiger partial charge in [-0.15, -0.1) is 0 Å². The van der Waals surface area contributed by atoms with Gasteiger partial charge < -0.3 is 9.32 Å². The molecule has 3 aromatic rings. The molecule has 2 saturated heterocycles. The van der Waals surface area contributed by atoms with E-state index >= 15 is 0 Å². The van der Waals surface area contributed by atoms with E-state index in [1.165, 1.54) is 22.3 Å². The molecule has 2 aliphatic heterocycles. The highest BCUT2D eigenvalue weighted by Gasteiger charge is 2.41. The number of aryl methyl sites for hydroxylation is 2. The van der Waals surface area contributed by atoms with E-state index in [0.717, 1.165) is 42.9 Å². The average Bonchev–Trinajstić information content (AvgIpc) is 3.34. The molecular formula is C28H27N3O3S. The second-order valence-electron chi connectivity index (χ2n) is 8.95. The summed E-state index contributed by atoms with van der Waals surface area (Å²) in [4.78, 5) is 32.4. The standard InChI is InChI=1S/C28H27N3O3S/c1-19-11-12-22(17-20(19)2)31-27(33)24(26(32)30(28(31)35)21-9-5-3-6-10-21)18-23-13-14-25(34-23)29-15-7-4-8-16-29/h3,5-6,9-14,17-18H,4,7-8,15-16H2,1-2H3/b24-18-. The summed E-state index contributed by atoms with van der Waals surface area (Å²) in [6, 6.07) is 18.6. The summed E-state index contributed by atoms with van der Waals surface area (Å²) < 4.78 is 6.04. The number of amides is 2. The molecule has 0 N–H and O–H groups in total. The van der Waals surface area contributed by atoms with Crippen molar-refractivity contribution in [1.29, 1.82) is 0 Å². The van der Waals surface area contributed by atoms with Crippen LogP contribution >= 0.6 is 12.2 Å². The van der Waals surface area contributed by atoms with Crippen LogP contribution in [0.3, 0.4) is 0 Å². The third-order valence-electron chi connectivity index (χ3n) is 6.58. The topological polar surface area (TPSA) is 57.0 Å². The first-order chi connectivity index (χ1) is 16.9. The molecule has 2 aliphatic rings. The molecular weight excluding hydrogens is 458 g/mol. The van der Waals surface area contributed by atoms with E-state index in [0.29, 0.717) is 17.1 Å². The molecule has 2 fully saturated rings. The van der Waals surface area contributed by atoms with Crippen molar-refractivity contribution < 1.29 is 14.0 Å². The Labute approximate surface area is 210 Å². The number of anilines is 3. The van der Waals surface area contributed by atoms with Crippen molar-refractivity contribution in [2.75, 3.05) is 27.8 Å². The van der Waals surface area contributed by atoms with Crippen LogP contribution in [0.1, 0.15) is 36.1 Å². The minimum atomic E-state index is -0.470. The fourth-order valence-electron chi connectivity index (χ4n) is 4.47. The Hall–Kier alpha value is -3.71. The Kier molecular flexibility index (Phi) is 6.26. The normalized spacial score (nSPS) is 18.1. The van der Waals surface area contributed by atoms with Crippen molar-refractivity contribution in [3.8, 4) is 0 Å². The van der Waals surface area contributed by atoms with Crippen LogP contribution in [-0.4, -0.2) is 30.0 Å². The number of hydrogen-bond acceptors (Lipinski definition) is 5. The number of furan rings is 1. The quantitative estimate of drug-likeness (QED) is 0.272. The summed E-state index contributed by atoms with van der Waals surface area (Å²) in [5.74, 6) is 0.283. The molecule has 3 heterocycles. The van der Waals surface area contributed by atoms with Gasteiger partial charge in [0.1, 0.15) is 11.3 Å². The van der Waals surface area contributed by atoms with Crippen molar-refractivity contribution in [3.63, 3.8) is 0 Å². The number of benzene rings is 2. The van der Waals surface area contributed by atoms with E-state index in [2.05, 4.69) is 4.90 Å². The van der Waals surface area contributed by atoms with Crippen LogP contribution in [0.4, 0.5) is 17.3 Å². The van der Waals surface area contributed by atoms with Crippen LogP contribution < -0.4 is 14.7 Å². The molecule has 35 heavy (non-hydrogen) atoms. The summed E-state index contributed by atoms with van der Waals surface area (Å²) in [5.41, 5.74) is 3.36. The van der Waals surface area contributed by atoms with Crippen molar-refractivity contribution in [1.82, 2.24) is 0 Å². The Balaban J connectivity index is 1.57. The number of rotatable bonds is 4. The molecule has 5 rings (SSSR count). The number of para-hydroxylation sites is 1. The van der Waals surface area contributed by atoms with Crippen LogP contribution in [0.25, 0.3) is 6.08 Å². The van der Waals surface area contributed by atoms with Crippen molar-refractivity contribution in [3.05, 3.63) is 83.1 Å². The molecule has 2 aromatic carbocycles. The number of carbonyl (C=O) groups is 2. The molecule has 0 bridgehead atoms. The number of nitrogens with zero attached hydrogens (tertiary/aromatic N) is 3. The monoisotopic (exact) mass is 485 g/mol. The van der Waals surface area contributed by atoms with Crippen LogP contribution in [0.15, 0.2) is 70.7 Å². The minimum absolute atomic E-state index is 0.000209. The van der Waals surface area contributed by atoms with Gasteiger partial charge in [0.2, 0.25) is 0 Å². The largest absolute Gasteiger partial charge is 0.441 e. The number of thiocarbonyl (C=S) groups is 1. The Morgan fingerprint density at radius 2 is 1.49 bits per heavy atom. The Morgan fingerprint density at radius 3 is 2.17 bits per heavy atom. The van der Waals surface area contributed by atoms with Crippen LogP contribution in [-0.2, 0) is 9.59 Å². The molecule has 7 heteroatoms. The fraction of sp³-hybridized carbons (Fsp3) is 0.250. The zero-order chi connectivity index (χ0) is 24.5. The van der Waals surface area contributed by atoms with Gasteiger partial charge in [0, 0.05) is 19.2 Å². The first-order valence-electron chi connectivity index (χ1n) is 11.9. The Bertz CT molecular complexity index is 1320. The second kappa shape index (κ2) is 9.50. The molecule has 2 amide bonds. The zero-order valence-electron chi connectivity index (χ0n) is 19.9. The van der Waals surface area contributed by atoms with E-state index in [1.807, 2.05) is 56.3 Å². The molecule has 0 aliphatic carbocycles. The van der Waals surface area contributed by atoms with Gasteiger partial charge in [0.25, 0.3) is 11.8 Å². The highest BCUT2D eigenvalue weighted by Crippen LogP contribution is 2.31. The number of hydrogen-bond donors (Lipinski definition) is 0. The van der Waals surface area contributed by atoms with Gasteiger partial charge in [-0.2, -0.15) is 0 Å². The average molecular weight is 486 g/mol. The third-order valence-corrected chi connectivity index (χ3v) is 6.94. The molecule has 0 saturated carbocycles. The van der Waals surface area contributed by atoms with E-state index in [1.54, 1.807) is 18.2 Å². The fourth-order valence-corrected chi connectivity index (χ4v) is 4.85. The number of piperidine rings is 1. The van der Waals surface area contributed by atoms with Crippen LogP contribution in [0.5, 0.6) is 0 Å². The van der Waals surface area contributed by atoms with E-state index in [-0.39, 0.29) is 10.7 Å². The van der Waals surface area contributed by atoms with E-state index in [4.69, 9.17) is 16.6 Å². The lowest BCUT2D eigenvalue weighted by molar-refractivity contribution is -0.120. The van der Waals surface area contributed by atoms with Crippen LogP contribution in [0, 0.1) is 13.8 Å². The lowest BCUT2D eigenvalue weighted by Gasteiger charge is -2.36. The van der Waals surface area contributed by atoms with Gasteiger partial charge in [-0.25, -0.2) is 0 Å². The van der Waals surface area contributed by atoms with Gasteiger partial charge in [-0.3, -0.25) is 19.4 Å². The second-order valence-corrected chi connectivity index (χ2v) is 9.31. The lowest BCUT2D eigenvalue weighted by atomic mass is 10.1. The summed E-state index contributed by atoms with van der Waals surface area (Å²) in [7, 11) is 0. The minimum Gasteiger partial charge on any atom is -0.441 e. The molecule has 0 spiro atoms. The van der Waals surface area contributed by atoms with Gasteiger partial charge in [0.05, 0.1) is 11.4 Å². The predicted octanol–water partition coefficient (Wildman–Crippen LogP) is 5.64. The van der Waals surface area contributed by atoms with Gasteiger partial charge in [-0.05, 0) is 92.9 Å². The van der Waals surface area contributed by atoms with E-state index < -0.39 is 11.8 Å². The van der Waals surface area contributed by atoms with E-state index in [9.17, 15) is 9.59 Å². The number of carbonyl (C=O) groups excluding carboxylic acids is 2. The smallest absolute Gasteiger partial charge is 0.270 e. The third kappa shape index (κ3) is 4.39. The molecule has 0 radical (unpaired) electrons. The Morgan fingerprint density at radius 1 is 0.800 bits per heavy atom. The summed E-state index contributed by atoms with van der Waals surface area (Å²) in [6.45, 7) is 5.88. The molecule has 178 valence electrons. The summed E-state index contributed by atoms with van der Waals surface area (Å²) in [6.07, 6.45) is 5.01. The maximum atomic E-state index is 13.7. The highest BCUT2D eigenvalue weighted by atomic mass is 32.1. The molecule has 0 atom stereocenters. The predicted molar refractivity (Wildman–Crippen MR) is 143 cm³/mol. The molecule has 6 nitrogen and oxygen atoms in total. The lowest BCUT2D eigenvalue weighted by Crippen LogP contribution is -2.57. The zero-order valence-corrected chi connectivity index (χ0v) is 20.7. The van der Waals surface area contributed by atoms with Crippen molar-refractivity contribution in [2.45, 2.75) is 33.1 Å². The van der Waals surface area contributed by atoms with Gasteiger partial charge >= 0.3 is 0 Å². The highest BCUT2D eigenvalue weighted by molar-refractivity contribution is 7.81. The maximum absolute atomic E-state index is 13.7. The SMILES string of the molecule is Cc1ccc(N2C(=O)/C(=C\c3ccc(N4CCCCC4)o3)C(=O)N(c3ccccc3)C2=S)cc1C. The first kappa shape index (κ1) is 23.1.